The molecule has 1 saturated carbocycles. The van der Waals surface area contributed by atoms with Crippen LogP contribution in [0.4, 0.5) is 0 Å². The van der Waals surface area contributed by atoms with E-state index in [1.165, 1.54) is 25.7 Å². The van der Waals surface area contributed by atoms with E-state index in [-0.39, 0.29) is 0 Å². The monoisotopic (exact) mass is 169 g/mol. The summed E-state index contributed by atoms with van der Waals surface area (Å²) < 4.78 is 5.55. The van der Waals surface area contributed by atoms with E-state index in [9.17, 15) is 0 Å². The highest BCUT2D eigenvalue weighted by atomic mass is 16.5. The highest BCUT2D eigenvalue weighted by molar-refractivity contribution is 4.94. The molecule has 2 aliphatic rings. The van der Waals surface area contributed by atoms with Gasteiger partial charge in [0.25, 0.3) is 0 Å². The fourth-order valence-corrected chi connectivity index (χ4v) is 2.66. The maximum atomic E-state index is 5.55. The topological polar surface area (TPSA) is 21.3 Å². The number of ether oxygens (including phenoxy) is 1. The Labute approximate surface area is 74.7 Å². The van der Waals surface area contributed by atoms with Crippen LogP contribution in [0.5, 0.6) is 0 Å². The summed E-state index contributed by atoms with van der Waals surface area (Å²) in [4.78, 5) is 0. The largest absolute Gasteiger partial charge is 0.378 e. The molecule has 1 spiro atoms. The van der Waals surface area contributed by atoms with Crippen LogP contribution in [-0.2, 0) is 4.74 Å². The molecule has 2 atom stereocenters. The van der Waals surface area contributed by atoms with Crippen LogP contribution in [0.1, 0.15) is 32.6 Å². The normalized spacial score (nSPS) is 43.2. The van der Waals surface area contributed by atoms with Gasteiger partial charge in [0.15, 0.2) is 0 Å². The molecule has 70 valence electrons. The lowest BCUT2D eigenvalue weighted by molar-refractivity contribution is 0.000211. The second-order valence-corrected chi connectivity index (χ2v) is 4.46. The lowest BCUT2D eigenvalue weighted by Gasteiger charge is -2.43. The molecule has 1 aliphatic carbocycles. The summed E-state index contributed by atoms with van der Waals surface area (Å²) in [6.07, 6.45) is 5.41. The Morgan fingerprint density at radius 2 is 2.42 bits per heavy atom. The highest BCUT2D eigenvalue weighted by Crippen LogP contribution is 2.33. The SMILES string of the molecule is CC1CCCC2(COCCN2)C1. The molecule has 2 fully saturated rings. The van der Waals surface area contributed by atoms with Gasteiger partial charge in [-0.2, -0.15) is 0 Å². The Morgan fingerprint density at radius 3 is 3.08 bits per heavy atom. The van der Waals surface area contributed by atoms with Crippen LogP contribution in [0.25, 0.3) is 0 Å². The Hall–Kier alpha value is -0.0800. The van der Waals surface area contributed by atoms with Crippen molar-refractivity contribution in [1.29, 1.82) is 0 Å². The second kappa shape index (κ2) is 3.35. The molecule has 1 aliphatic heterocycles. The molecule has 0 aromatic rings. The lowest BCUT2D eigenvalue weighted by atomic mass is 9.76. The van der Waals surface area contributed by atoms with E-state index in [1.54, 1.807) is 0 Å². The van der Waals surface area contributed by atoms with Crippen molar-refractivity contribution < 1.29 is 4.74 Å². The maximum Gasteiger partial charge on any atom is 0.0649 e. The van der Waals surface area contributed by atoms with E-state index in [0.717, 1.165) is 25.7 Å². The fraction of sp³-hybridized carbons (Fsp3) is 1.00. The molecule has 2 rings (SSSR count). The van der Waals surface area contributed by atoms with Crippen molar-refractivity contribution in [2.24, 2.45) is 5.92 Å². The van der Waals surface area contributed by atoms with E-state index < -0.39 is 0 Å². The molecule has 0 aromatic carbocycles. The average Bonchev–Trinajstić information content (AvgIpc) is 2.05. The zero-order valence-corrected chi connectivity index (χ0v) is 7.94. The van der Waals surface area contributed by atoms with Gasteiger partial charge in [0.2, 0.25) is 0 Å². The second-order valence-electron chi connectivity index (χ2n) is 4.46. The highest BCUT2D eigenvalue weighted by Gasteiger charge is 2.36. The lowest BCUT2D eigenvalue weighted by Crippen LogP contribution is -2.56. The van der Waals surface area contributed by atoms with Crippen LogP contribution in [0.3, 0.4) is 0 Å². The van der Waals surface area contributed by atoms with Gasteiger partial charge in [-0.15, -0.1) is 0 Å². The molecule has 0 amide bonds. The van der Waals surface area contributed by atoms with Crippen LogP contribution in [-0.4, -0.2) is 25.3 Å². The Morgan fingerprint density at radius 1 is 1.50 bits per heavy atom. The molecule has 12 heavy (non-hydrogen) atoms. The first kappa shape index (κ1) is 8.52. The average molecular weight is 169 g/mol. The van der Waals surface area contributed by atoms with E-state index in [4.69, 9.17) is 4.74 Å². The predicted molar refractivity (Wildman–Crippen MR) is 49.2 cm³/mol. The summed E-state index contributed by atoms with van der Waals surface area (Å²) in [5, 5.41) is 3.64. The van der Waals surface area contributed by atoms with Crippen molar-refractivity contribution in [3.8, 4) is 0 Å². The van der Waals surface area contributed by atoms with Crippen LogP contribution in [0.2, 0.25) is 0 Å². The number of hydrogen-bond donors (Lipinski definition) is 1. The molecular formula is C10H19NO. The summed E-state index contributed by atoms with van der Waals surface area (Å²) in [7, 11) is 0. The first-order chi connectivity index (χ1) is 5.81. The van der Waals surface area contributed by atoms with Gasteiger partial charge in [0, 0.05) is 12.1 Å². The molecule has 1 N–H and O–H groups in total. The van der Waals surface area contributed by atoms with Gasteiger partial charge in [-0.1, -0.05) is 19.8 Å². The third kappa shape index (κ3) is 1.64. The molecule has 1 heterocycles. The molecule has 2 nitrogen and oxygen atoms in total. The van der Waals surface area contributed by atoms with Gasteiger partial charge in [-0.05, 0) is 18.8 Å². The summed E-state index contributed by atoms with van der Waals surface area (Å²) in [5.41, 5.74) is 0.357. The summed E-state index contributed by atoms with van der Waals surface area (Å²) in [6.45, 7) is 5.25. The molecule has 2 unspecified atom stereocenters. The van der Waals surface area contributed by atoms with Crippen molar-refractivity contribution in [2.75, 3.05) is 19.8 Å². The van der Waals surface area contributed by atoms with Gasteiger partial charge >= 0.3 is 0 Å². The molecule has 1 saturated heterocycles. The Kier molecular flexibility index (Phi) is 2.37. The van der Waals surface area contributed by atoms with Gasteiger partial charge in [0.1, 0.15) is 0 Å². The minimum Gasteiger partial charge on any atom is -0.378 e. The van der Waals surface area contributed by atoms with Gasteiger partial charge in [0.05, 0.1) is 13.2 Å². The van der Waals surface area contributed by atoms with Crippen molar-refractivity contribution in [3.05, 3.63) is 0 Å². The molecule has 0 radical (unpaired) electrons. The number of rotatable bonds is 0. The number of nitrogens with one attached hydrogen (secondary N) is 1. The van der Waals surface area contributed by atoms with Gasteiger partial charge < -0.3 is 10.1 Å². The van der Waals surface area contributed by atoms with Crippen LogP contribution < -0.4 is 5.32 Å². The van der Waals surface area contributed by atoms with Crippen LogP contribution in [0.15, 0.2) is 0 Å². The molecule has 2 heteroatoms. The Bertz CT molecular complexity index is 146. The van der Waals surface area contributed by atoms with Crippen molar-refractivity contribution in [3.63, 3.8) is 0 Å². The number of hydrogen-bond acceptors (Lipinski definition) is 2. The zero-order chi connectivity index (χ0) is 8.44. The quantitative estimate of drug-likeness (QED) is 0.594. The molecule has 0 aromatic heterocycles. The molecular weight excluding hydrogens is 150 g/mol. The maximum absolute atomic E-state index is 5.55. The smallest absolute Gasteiger partial charge is 0.0649 e. The standard InChI is InChI=1S/C10H19NO/c1-9-3-2-4-10(7-9)8-12-6-5-11-10/h9,11H,2-8H2,1H3. The van der Waals surface area contributed by atoms with Gasteiger partial charge in [-0.25, -0.2) is 0 Å². The van der Waals surface area contributed by atoms with Crippen molar-refractivity contribution in [1.82, 2.24) is 5.32 Å². The minimum atomic E-state index is 0.357. The number of morpholine rings is 1. The summed E-state index contributed by atoms with van der Waals surface area (Å²) >= 11 is 0. The fourth-order valence-electron chi connectivity index (χ4n) is 2.66. The van der Waals surface area contributed by atoms with E-state index >= 15 is 0 Å². The third-order valence-electron chi connectivity index (χ3n) is 3.22. The third-order valence-corrected chi connectivity index (χ3v) is 3.22. The van der Waals surface area contributed by atoms with Crippen molar-refractivity contribution in [2.45, 2.75) is 38.1 Å². The minimum absolute atomic E-state index is 0.357. The summed E-state index contributed by atoms with van der Waals surface area (Å²) in [6, 6.07) is 0. The Balaban J connectivity index is 1.97. The van der Waals surface area contributed by atoms with E-state index in [2.05, 4.69) is 12.2 Å². The zero-order valence-electron chi connectivity index (χ0n) is 7.94. The first-order valence-corrected chi connectivity index (χ1v) is 5.14. The van der Waals surface area contributed by atoms with Crippen LogP contribution >= 0.6 is 0 Å². The summed E-state index contributed by atoms with van der Waals surface area (Å²) in [5.74, 6) is 0.882. The van der Waals surface area contributed by atoms with Crippen LogP contribution in [0, 0.1) is 5.92 Å². The van der Waals surface area contributed by atoms with E-state index in [0.29, 0.717) is 5.54 Å². The predicted octanol–water partition coefficient (Wildman–Crippen LogP) is 1.56. The van der Waals surface area contributed by atoms with Crippen molar-refractivity contribution >= 4 is 0 Å². The van der Waals surface area contributed by atoms with E-state index in [1.807, 2.05) is 0 Å². The molecule has 0 bridgehead atoms. The van der Waals surface area contributed by atoms with Gasteiger partial charge in [-0.3, -0.25) is 0 Å². The first-order valence-electron chi connectivity index (χ1n) is 5.14.